The zero-order chi connectivity index (χ0) is 26.4. The minimum absolute atomic E-state index is 0.0889. The minimum atomic E-state index is -0.740. The molecule has 2 heterocycles. The van der Waals surface area contributed by atoms with Gasteiger partial charge in [0.2, 0.25) is 0 Å². The Balaban J connectivity index is 1.86. The van der Waals surface area contributed by atoms with Gasteiger partial charge in [0.15, 0.2) is 0 Å². The number of nitrogens with two attached hydrogens (primary N) is 2. The average molecular weight is 574 g/mol. The highest BCUT2D eigenvalue weighted by Crippen LogP contribution is 2.37. The smallest absolute Gasteiger partial charge is 0.333 e. The van der Waals surface area contributed by atoms with Crippen molar-refractivity contribution in [3.63, 3.8) is 0 Å². The summed E-state index contributed by atoms with van der Waals surface area (Å²) in [6.45, 7) is 0. The molecule has 0 saturated heterocycles. The maximum atomic E-state index is 14.1. The number of halogens is 4. The van der Waals surface area contributed by atoms with Crippen LogP contribution in [0.2, 0.25) is 20.1 Å². The Morgan fingerprint density at radius 2 is 1.57 bits per heavy atom. The largest absolute Gasteiger partial charge is 0.397 e. The number of nitrogen functional groups attached to an aromatic ring is 1. The first-order valence-electron chi connectivity index (χ1n) is 10.6. The van der Waals surface area contributed by atoms with Crippen LogP contribution in [0.15, 0.2) is 76.6 Å². The van der Waals surface area contributed by atoms with E-state index in [4.69, 9.17) is 58.0 Å². The molecule has 5 N–H and O–H groups in total. The van der Waals surface area contributed by atoms with Crippen molar-refractivity contribution in [2.75, 3.05) is 10.7 Å². The number of nitrogens with one attached hydrogen (secondary N) is 1. The van der Waals surface area contributed by atoms with Gasteiger partial charge in [-0.1, -0.05) is 76.7 Å². The molecule has 0 saturated carbocycles. The van der Waals surface area contributed by atoms with Crippen LogP contribution in [-0.2, 0) is 0 Å². The van der Waals surface area contributed by atoms with Crippen molar-refractivity contribution >= 4 is 74.2 Å². The SMILES string of the molecule is Nc1cc(Cl)c(Cl)cc1N(N)c1c(-c2ccc(Cl)c(Cl)c2)[nH]c(=O)n(-c2cncc3ccccc23)c1=O. The third-order valence-electron chi connectivity index (χ3n) is 5.74. The van der Waals surface area contributed by atoms with Crippen LogP contribution in [0.3, 0.4) is 0 Å². The number of nitrogens with zero attached hydrogens (tertiary/aromatic N) is 3. The van der Waals surface area contributed by atoms with E-state index in [0.29, 0.717) is 16.0 Å². The van der Waals surface area contributed by atoms with Crippen molar-refractivity contribution in [1.29, 1.82) is 0 Å². The molecule has 0 bridgehead atoms. The molecule has 0 aliphatic carbocycles. The number of rotatable bonds is 4. The fraction of sp³-hybridized carbons (Fsp3) is 0. The predicted octanol–water partition coefficient (Wildman–Crippen LogP) is 5.95. The molecule has 0 aliphatic rings. The summed E-state index contributed by atoms with van der Waals surface area (Å²) in [7, 11) is 0. The molecule has 186 valence electrons. The van der Waals surface area contributed by atoms with Crippen LogP contribution in [-0.4, -0.2) is 14.5 Å². The molecule has 0 unspecified atom stereocenters. The Morgan fingerprint density at radius 1 is 0.865 bits per heavy atom. The van der Waals surface area contributed by atoms with Gasteiger partial charge in [0.25, 0.3) is 5.56 Å². The number of aromatic amines is 1. The van der Waals surface area contributed by atoms with Crippen molar-refractivity contribution in [2.45, 2.75) is 0 Å². The zero-order valence-electron chi connectivity index (χ0n) is 18.7. The fourth-order valence-electron chi connectivity index (χ4n) is 3.99. The number of aromatic nitrogens is 3. The summed E-state index contributed by atoms with van der Waals surface area (Å²) >= 11 is 24.6. The van der Waals surface area contributed by atoms with Gasteiger partial charge < -0.3 is 10.7 Å². The summed E-state index contributed by atoms with van der Waals surface area (Å²) < 4.78 is 0.958. The summed E-state index contributed by atoms with van der Waals surface area (Å²) in [5.74, 6) is 6.49. The van der Waals surface area contributed by atoms with Crippen LogP contribution in [0.25, 0.3) is 27.7 Å². The second kappa shape index (κ2) is 9.74. The molecule has 0 atom stereocenters. The highest BCUT2D eigenvalue weighted by Gasteiger charge is 2.24. The van der Waals surface area contributed by atoms with Gasteiger partial charge in [0, 0.05) is 22.5 Å². The van der Waals surface area contributed by atoms with E-state index >= 15 is 0 Å². The van der Waals surface area contributed by atoms with E-state index in [9.17, 15) is 9.59 Å². The summed E-state index contributed by atoms with van der Waals surface area (Å²) in [5, 5.41) is 3.30. The van der Waals surface area contributed by atoms with E-state index in [1.54, 1.807) is 24.4 Å². The number of anilines is 3. The van der Waals surface area contributed by atoms with Crippen molar-refractivity contribution in [3.8, 4) is 16.9 Å². The van der Waals surface area contributed by atoms with Gasteiger partial charge >= 0.3 is 5.69 Å². The van der Waals surface area contributed by atoms with Gasteiger partial charge in [-0.05, 0) is 24.3 Å². The molecule has 0 fully saturated rings. The van der Waals surface area contributed by atoms with E-state index in [0.717, 1.165) is 15.0 Å². The standard InChI is InChI=1S/C25H16Cl4N6O2/c26-15-6-5-12(7-16(15)27)22-23(35(31)20-9-18(29)17(28)8-19(20)30)24(36)34(25(37)33-22)21-11-32-10-13-3-1-2-4-14(13)21/h1-11H,30-31H2,(H,33,37). The Kier molecular flexibility index (Phi) is 6.61. The summed E-state index contributed by atoms with van der Waals surface area (Å²) in [6.07, 6.45) is 3.06. The normalized spacial score (nSPS) is 11.2. The minimum Gasteiger partial charge on any atom is -0.397 e. The molecule has 3 aromatic carbocycles. The maximum absolute atomic E-state index is 14.1. The van der Waals surface area contributed by atoms with Gasteiger partial charge in [0.1, 0.15) is 5.69 Å². The molecule has 0 spiro atoms. The molecule has 0 aliphatic heterocycles. The van der Waals surface area contributed by atoms with Crippen molar-refractivity contribution in [1.82, 2.24) is 14.5 Å². The van der Waals surface area contributed by atoms with Crippen LogP contribution in [0.4, 0.5) is 17.1 Å². The van der Waals surface area contributed by atoms with Crippen LogP contribution in [0, 0.1) is 0 Å². The lowest BCUT2D eigenvalue weighted by molar-refractivity contribution is 0.866. The van der Waals surface area contributed by atoms with Crippen LogP contribution in [0.1, 0.15) is 0 Å². The Labute approximate surface area is 229 Å². The van der Waals surface area contributed by atoms with Crippen molar-refractivity contribution in [3.05, 3.63) is 108 Å². The third kappa shape index (κ3) is 4.43. The molecule has 5 rings (SSSR count). The summed E-state index contributed by atoms with van der Waals surface area (Å²) in [5.41, 5.74) is 5.67. The second-order valence-corrected chi connectivity index (χ2v) is 9.63. The lowest BCUT2D eigenvalue weighted by Gasteiger charge is -2.24. The zero-order valence-corrected chi connectivity index (χ0v) is 21.7. The lowest BCUT2D eigenvalue weighted by atomic mass is 10.1. The van der Waals surface area contributed by atoms with Gasteiger partial charge in [-0.25, -0.2) is 15.2 Å². The Bertz CT molecular complexity index is 1810. The summed E-state index contributed by atoms with van der Waals surface area (Å²) in [6, 6.07) is 14.7. The molecule has 12 heteroatoms. The summed E-state index contributed by atoms with van der Waals surface area (Å²) in [4.78, 5) is 34.5. The highest BCUT2D eigenvalue weighted by atomic mass is 35.5. The Hall–Kier alpha value is -3.53. The van der Waals surface area contributed by atoms with Gasteiger partial charge in [0.05, 0.1) is 49.0 Å². The van der Waals surface area contributed by atoms with Gasteiger partial charge in [-0.15, -0.1) is 0 Å². The number of hydrazine groups is 1. The average Bonchev–Trinajstić information content (AvgIpc) is 2.87. The number of hydrogen-bond donors (Lipinski definition) is 3. The number of fused-ring (bicyclic) bond motifs is 1. The number of pyridine rings is 1. The molecule has 37 heavy (non-hydrogen) atoms. The maximum Gasteiger partial charge on any atom is 0.333 e. The molecule has 5 aromatic rings. The number of hydrogen-bond acceptors (Lipinski definition) is 6. The molecule has 8 nitrogen and oxygen atoms in total. The van der Waals surface area contributed by atoms with E-state index in [-0.39, 0.29) is 43.5 Å². The molecular weight excluding hydrogens is 558 g/mol. The lowest BCUT2D eigenvalue weighted by Crippen LogP contribution is -2.41. The van der Waals surface area contributed by atoms with Crippen LogP contribution in [0.5, 0.6) is 0 Å². The monoisotopic (exact) mass is 572 g/mol. The molecule has 0 radical (unpaired) electrons. The topological polar surface area (TPSA) is 123 Å². The molecule has 2 aromatic heterocycles. The number of benzene rings is 3. The first-order valence-corrected chi connectivity index (χ1v) is 12.2. The highest BCUT2D eigenvalue weighted by molar-refractivity contribution is 6.43. The first kappa shape index (κ1) is 25.1. The fourth-order valence-corrected chi connectivity index (χ4v) is 4.62. The van der Waals surface area contributed by atoms with Crippen molar-refractivity contribution in [2.24, 2.45) is 5.84 Å². The van der Waals surface area contributed by atoms with Gasteiger partial charge in [-0.3, -0.25) is 14.8 Å². The molecule has 0 amide bonds. The third-order valence-corrected chi connectivity index (χ3v) is 7.21. The van der Waals surface area contributed by atoms with E-state index in [1.165, 1.54) is 30.5 Å². The van der Waals surface area contributed by atoms with Crippen molar-refractivity contribution < 1.29 is 0 Å². The van der Waals surface area contributed by atoms with E-state index < -0.39 is 11.2 Å². The number of H-pyrrole nitrogens is 1. The first-order chi connectivity index (χ1) is 17.7. The Morgan fingerprint density at radius 3 is 2.32 bits per heavy atom. The molecular formula is C25H16Cl4N6O2. The van der Waals surface area contributed by atoms with Gasteiger partial charge in [-0.2, -0.15) is 0 Å². The van der Waals surface area contributed by atoms with E-state index in [2.05, 4.69) is 9.97 Å². The van der Waals surface area contributed by atoms with Crippen LogP contribution < -0.4 is 27.8 Å². The predicted molar refractivity (Wildman–Crippen MR) is 151 cm³/mol. The quantitative estimate of drug-likeness (QED) is 0.139. The second-order valence-electron chi connectivity index (χ2n) is 8.00. The van der Waals surface area contributed by atoms with E-state index in [1.807, 2.05) is 12.1 Å². The van der Waals surface area contributed by atoms with Crippen LogP contribution >= 0.6 is 46.4 Å².